The highest BCUT2D eigenvalue weighted by Crippen LogP contribution is 1.95. The minimum absolute atomic E-state index is 0.456. The summed E-state index contributed by atoms with van der Waals surface area (Å²) >= 11 is 0. The van der Waals surface area contributed by atoms with Gasteiger partial charge < -0.3 is 10.1 Å². The first-order chi connectivity index (χ1) is 7.33. The second kappa shape index (κ2) is 6.99. The highest BCUT2D eigenvalue weighted by molar-refractivity contribution is 5.28. The Hall–Kier alpha value is -1.37. The molecule has 0 aliphatic carbocycles. The summed E-state index contributed by atoms with van der Waals surface area (Å²) in [7, 11) is 1.89. The average Bonchev–Trinajstić information content (AvgIpc) is 2.26. The van der Waals surface area contributed by atoms with Gasteiger partial charge in [0.15, 0.2) is 0 Å². The third kappa shape index (κ3) is 5.16. The van der Waals surface area contributed by atoms with Crippen LogP contribution in [0.25, 0.3) is 0 Å². The van der Waals surface area contributed by atoms with E-state index in [1.54, 1.807) is 0 Å². The Morgan fingerprint density at radius 3 is 3.00 bits per heavy atom. The second-order valence-corrected chi connectivity index (χ2v) is 3.18. The predicted octanol–water partition coefficient (Wildman–Crippen LogP) is 0.978. The van der Waals surface area contributed by atoms with Crippen molar-refractivity contribution in [2.24, 2.45) is 0 Å². The topological polar surface area (TPSA) is 34.1 Å². The fraction of sp³-hybridized carbons (Fsp3) is 0.417. The first-order valence-electron chi connectivity index (χ1n) is 4.97. The van der Waals surface area contributed by atoms with Crippen LogP contribution in [0, 0.1) is 18.8 Å². The molecule has 0 saturated carbocycles. The van der Waals surface area contributed by atoms with E-state index >= 15 is 0 Å². The molecule has 1 aromatic heterocycles. The number of pyridine rings is 1. The minimum Gasteiger partial charge on any atom is -0.367 e. The predicted molar refractivity (Wildman–Crippen MR) is 60.6 cm³/mol. The second-order valence-electron chi connectivity index (χ2n) is 3.18. The van der Waals surface area contributed by atoms with Crippen LogP contribution in [0.5, 0.6) is 0 Å². The smallest absolute Gasteiger partial charge is 0.113 e. The quantitative estimate of drug-likeness (QED) is 0.586. The molecule has 0 saturated heterocycles. The van der Waals surface area contributed by atoms with Gasteiger partial charge in [-0.2, -0.15) is 0 Å². The number of hydrogen-bond acceptors (Lipinski definition) is 3. The van der Waals surface area contributed by atoms with Crippen molar-refractivity contribution in [3.63, 3.8) is 0 Å². The summed E-state index contributed by atoms with van der Waals surface area (Å²) in [6.45, 7) is 4.00. The van der Waals surface area contributed by atoms with E-state index in [0.29, 0.717) is 13.2 Å². The van der Waals surface area contributed by atoms with Crippen LogP contribution < -0.4 is 5.32 Å². The van der Waals surface area contributed by atoms with E-state index in [1.165, 1.54) is 0 Å². The van der Waals surface area contributed by atoms with Crippen molar-refractivity contribution in [3.05, 3.63) is 29.6 Å². The summed E-state index contributed by atoms with van der Waals surface area (Å²) in [5.74, 6) is 5.86. The molecule has 0 fully saturated rings. The maximum absolute atomic E-state index is 5.26. The third-order valence-electron chi connectivity index (χ3n) is 1.80. The van der Waals surface area contributed by atoms with Gasteiger partial charge in [-0.1, -0.05) is 12.0 Å². The van der Waals surface area contributed by atoms with Crippen molar-refractivity contribution < 1.29 is 4.74 Å². The Bertz CT molecular complexity index is 335. The molecule has 3 heteroatoms. The zero-order valence-corrected chi connectivity index (χ0v) is 9.21. The zero-order chi connectivity index (χ0) is 10.9. The van der Waals surface area contributed by atoms with Crippen LogP contribution in [0.15, 0.2) is 18.3 Å². The van der Waals surface area contributed by atoms with Crippen LogP contribution >= 0.6 is 0 Å². The molecule has 0 amide bonds. The molecular weight excluding hydrogens is 188 g/mol. The number of aryl methyl sites for hydroxylation is 1. The Morgan fingerprint density at radius 1 is 1.47 bits per heavy atom. The minimum atomic E-state index is 0.456. The van der Waals surface area contributed by atoms with Crippen molar-refractivity contribution in [2.75, 3.05) is 26.8 Å². The molecule has 80 valence electrons. The van der Waals surface area contributed by atoms with Crippen LogP contribution in [0.3, 0.4) is 0 Å². The molecule has 0 aliphatic heterocycles. The molecule has 0 radical (unpaired) electrons. The number of aromatic nitrogens is 1. The van der Waals surface area contributed by atoms with Gasteiger partial charge in [-0.3, -0.25) is 0 Å². The van der Waals surface area contributed by atoms with Crippen LogP contribution in [0.1, 0.15) is 11.3 Å². The lowest BCUT2D eigenvalue weighted by Crippen LogP contribution is -2.14. The summed E-state index contributed by atoms with van der Waals surface area (Å²) in [5, 5.41) is 3.00. The molecule has 0 atom stereocenters. The molecule has 0 bridgehead atoms. The van der Waals surface area contributed by atoms with E-state index in [4.69, 9.17) is 4.74 Å². The Morgan fingerprint density at radius 2 is 2.33 bits per heavy atom. The summed E-state index contributed by atoms with van der Waals surface area (Å²) < 4.78 is 5.26. The molecule has 0 spiro atoms. The fourth-order valence-corrected chi connectivity index (χ4v) is 0.966. The van der Waals surface area contributed by atoms with Crippen molar-refractivity contribution in [1.29, 1.82) is 0 Å². The van der Waals surface area contributed by atoms with Crippen LogP contribution in [-0.4, -0.2) is 31.8 Å². The average molecular weight is 204 g/mol. The van der Waals surface area contributed by atoms with Crippen molar-refractivity contribution in [1.82, 2.24) is 10.3 Å². The van der Waals surface area contributed by atoms with Crippen molar-refractivity contribution >= 4 is 0 Å². The largest absolute Gasteiger partial charge is 0.367 e. The lowest BCUT2D eigenvalue weighted by Gasteiger charge is -1.97. The maximum Gasteiger partial charge on any atom is 0.113 e. The van der Waals surface area contributed by atoms with Gasteiger partial charge in [-0.05, 0) is 31.5 Å². The van der Waals surface area contributed by atoms with Crippen molar-refractivity contribution in [3.8, 4) is 11.8 Å². The van der Waals surface area contributed by atoms with Gasteiger partial charge in [0.1, 0.15) is 12.3 Å². The van der Waals surface area contributed by atoms with E-state index in [-0.39, 0.29) is 0 Å². The first kappa shape index (κ1) is 11.7. The molecular formula is C12H16N2O. The van der Waals surface area contributed by atoms with Crippen molar-refractivity contribution in [2.45, 2.75) is 6.92 Å². The molecule has 0 aliphatic rings. The van der Waals surface area contributed by atoms with Gasteiger partial charge in [0.05, 0.1) is 6.61 Å². The molecule has 0 aromatic carbocycles. The summed E-state index contributed by atoms with van der Waals surface area (Å²) in [6, 6.07) is 3.91. The normalized spacial score (nSPS) is 9.47. The van der Waals surface area contributed by atoms with Gasteiger partial charge in [0.25, 0.3) is 0 Å². The van der Waals surface area contributed by atoms with Crippen LogP contribution in [0.4, 0.5) is 0 Å². The lowest BCUT2D eigenvalue weighted by atomic mass is 10.3. The summed E-state index contributed by atoms with van der Waals surface area (Å²) in [5.41, 5.74) is 1.93. The monoisotopic (exact) mass is 204 g/mol. The van der Waals surface area contributed by atoms with Crippen LogP contribution in [0.2, 0.25) is 0 Å². The number of nitrogens with one attached hydrogen (secondary N) is 1. The number of likely N-dealkylation sites (N-methyl/N-ethyl adjacent to an activating group) is 1. The van der Waals surface area contributed by atoms with E-state index in [0.717, 1.165) is 17.8 Å². The zero-order valence-electron chi connectivity index (χ0n) is 9.21. The molecule has 1 rings (SSSR count). The van der Waals surface area contributed by atoms with Crippen LogP contribution in [-0.2, 0) is 4.74 Å². The SMILES string of the molecule is CNCCOCC#Cc1ccc(C)cn1. The maximum atomic E-state index is 5.26. The lowest BCUT2D eigenvalue weighted by molar-refractivity contribution is 0.170. The number of hydrogen-bond donors (Lipinski definition) is 1. The number of nitrogens with zero attached hydrogens (tertiary/aromatic N) is 1. The molecule has 1 heterocycles. The van der Waals surface area contributed by atoms with Gasteiger partial charge in [0.2, 0.25) is 0 Å². The molecule has 1 aromatic rings. The summed E-state index contributed by atoms with van der Waals surface area (Å²) in [4.78, 5) is 4.17. The Labute approximate surface area is 90.9 Å². The highest BCUT2D eigenvalue weighted by Gasteiger charge is 1.87. The number of rotatable bonds is 4. The molecule has 1 N–H and O–H groups in total. The van der Waals surface area contributed by atoms with E-state index in [9.17, 15) is 0 Å². The molecule has 3 nitrogen and oxygen atoms in total. The fourth-order valence-electron chi connectivity index (χ4n) is 0.966. The molecule has 15 heavy (non-hydrogen) atoms. The third-order valence-corrected chi connectivity index (χ3v) is 1.80. The molecule has 0 unspecified atom stereocenters. The van der Waals surface area contributed by atoms with E-state index in [2.05, 4.69) is 22.1 Å². The van der Waals surface area contributed by atoms with E-state index < -0.39 is 0 Å². The first-order valence-corrected chi connectivity index (χ1v) is 4.97. The van der Waals surface area contributed by atoms with E-state index in [1.807, 2.05) is 32.3 Å². The van der Waals surface area contributed by atoms with Gasteiger partial charge in [-0.25, -0.2) is 4.98 Å². The van der Waals surface area contributed by atoms with Gasteiger partial charge in [0, 0.05) is 12.7 Å². The van der Waals surface area contributed by atoms with Gasteiger partial charge >= 0.3 is 0 Å². The van der Waals surface area contributed by atoms with Gasteiger partial charge in [-0.15, -0.1) is 0 Å². The Kier molecular flexibility index (Phi) is 5.46. The highest BCUT2D eigenvalue weighted by atomic mass is 16.5. The number of ether oxygens (including phenoxy) is 1. The summed E-state index contributed by atoms with van der Waals surface area (Å²) in [6.07, 6.45) is 1.81. The Balaban J connectivity index is 2.28. The standard InChI is InChI=1S/C12H16N2O/c1-11-5-6-12(14-10-11)4-3-8-15-9-7-13-2/h5-6,10,13H,7-9H2,1-2H3.